The van der Waals surface area contributed by atoms with Gasteiger partial charge in [-0.25, -0.2) is 9.67 Å². The summed E-state index contributed by atoms with van der Waals surface area (Å²) in [7, 11) is 0. The van der Waals surface area contributed by atoms with E-state index >= 15 is 0 Å². The number of carbonyl (C=O) groups excluding carboxylic acids is 1. The van der Waals surface area contributed by atoms with Crippen LogP contribution >= 0.6 is 0 Å². The number of ether oxygens (including phenoxy) is 1. The first-order valence-corrected chi connectivity index (χ1v) is 10.4. The van der Waals surface area contributed by atoms with Crippen molar-refractivity contribution in [3.8, 4) is 5.69 Å². The van der Waals surface area contributed by atoms with Crippen LogP contribution in [0, 0.1) is 6.92 Å². The summed E-state index contributed by atoms with van der Waals surface area (Å²) in [6.45, 7) is 6.11. The molecule has 0 radical (unpaired) electrons. The van der Waals surface area contributed by atoms with Gasteiger partial charge >= 0.3 is 0 Å². The molecule has 2 aromatic carbocycles. The van der Waals surface area contributed by atoms with Crippen molar-refractivity contribution in [1.82, 2.24) is 24.6 Å². The molecule has 4 aromatic rings. The van der Waals surface area contributed by atoms with Crippen LogP contribution in [-0.4, -0.2) is 56.9 Å². The number of hydrogen-bond acceptors (Lipinski definition) is 5. The Bertz CT molecular complexity index is 1200. The Morgan fingerprint density at radius 2 is 1.94 bits per heavy atom. The van der Waals surface area contributed by atoms with E-state index in [-0.39, 0.29) is 5.91 Å². The molecule has 1 amide bonds. The summed E-state index contributed by atoms with van der Waals surface area (Å²) in [5.41, 5.74) is 5.08. The average molecular weight is 416 g/mol. The number of carbonyl (C=O) groups is 1. The molecule has 158 valence electrons. The predicted molar refractivity (Wildman–Crippen MR) is 118 cm³/mol. The molecule has 1 saturated heterocycles. The third kappa shape index (κ3) is 4.21. The van der Waals surface area contributed by atoms with Gasteiger partial charge in [0.1, 0.15) is 5.82 Å². The monoisotopic (exact) mass is 416 g/mol. The fourth-order valence-corrected chi connectivity index (χ4v) is 3.78. The van der Waals surface area contributed by atoms with Crippen LogP contribution < -0.4 is 5.32 Å². The highest BCUT2D eigenvalue weighted by Crippen LogP contribution is 2.19. The second-order valence-corrected chi connectivity index (χ2v) is 7.69. The first-order chi connectivity index (χ1) is 15.2. The summed E-state index contributed by atoms with van der Waals surface area (Å²) >= 11 is 0. The predicted octanol–water partition coefficient (Wildman–Crippen LogP) is 3.14. The van der Waals surface area contributed by atoms with Crippen molar-refractivity contribution in [3.63, 3.8) is 0 Å². The Morgan fingerprint density at radius 3 is 2.68 bits per heavy atom. The van der Waals surface area contributed by atoms with Crippen molar-refractivity contribution in [2.45, 2.75) is 13.5 Å². The van der Waals surface area contributed by atoms with Crippen molar-refractivity contribution in [1.29, 1.82) is 0 Å². The largest absolute Gasteiger partial charge is 0.379 e. The van der Waals surface area contributed by atoms with Crippen molar-refractivity contribution in [3.05, 3.63) is 71.8 Å². The minimum absolute atomic E-state index is 0.156. The molecule has 5 rings (SSSR count). The number of nitrogens with zero attached hydrogens (tertiary/aromatic N) is 4. The van der Waals surface area contributed by atoms with E-state index in [9.17, 15) is 4.79 Å². The second kappa shape index (κ2) is 8.33. The molecule has 31 heavy (non-hydrogen) atoms. The Balaban J connectivity index is 1.28. The molecular weight excluding hydrogens is 392 g/mol. The van der Waals surface area contributed by atoms with Crippen LogP contribution in [-0.2, 0) is 11.3 Å². The lowest BCUT2D eigenvalue weighted by atomic mass is 10.2. The first kappa shape index (κ1) is 19.5. The van der Waals surface area contributed by atoms with Crippen molar-refractivity contribution in [2.24, 2.45) is 0 Å². The van der Waals surface area contributed by atoms with Crippen LogP contribution in [0.4, 0.5) is 5.69 Å². The minimum atomic E-state index is -0.156. The fourth-order valence-electron chi connectivity index (χ4n) is 3.78. The summed E-state index contributed by atoms with van der Waals surface area (Å²) in [5, 5.41) is 7.26. The molecule has 0 spiro atoms. The summed E-state index contributed by atoms with van der Waals surface area (Å²) in [5.74, 6) is 0.765. The van der Waals surface area contributed by atoms with Gasteiger partial charge in [0.25, 0.3) is 5.91 Å². The van der Waals surface area contributed by atoms with Gasteiger partial charge in [-0.3, -0.25) is 9.69 Å². The molecule has 1 fully saturated rings. The van der Waals surface area contributed by atoms with Crippen LogP contribution in [0.5, 0.6) is 0 Å². The fraction of sp³-hybridized carbons (Fsp3) is 0.261. The first-order valence-electron chi connectivity index (χ1n) is 10.4. The quantitative estimate of drug-likeness (QED) is 0.522. The molecule has 1 aliphatic rings. The maximum atomic E-state index is 12.7. The molecular formula is C23H24N6O2. The summed E-state index contributed by atoms with van der Waals surface area (Å²) in [6, 6.07) is 15.1. The maximum Gasteiger partial charge on any atom is 0.255 e. The van der Waals surface area contributed by atoms with E-state index in [1.165, 1.54) is 0 Å². The maximum absolute atomic E-state index is 12.7. The highest BCUT2D eigenvalue weighted by atomic mass is 16.5. The Morgan fingerprint density at radius 1 is 1.13 bits per heavy atom. The van der Waals surface area contributed by atoms with Gasteiger partial charge in [0.2, 0.25) is 0 Å². The van der Waals surface area contributed by atoms with Crippen LogP contribution in [0.3, 0.4) is 0 Å². The van der Waals surface area contributed by atoms with Gasteiger partial charge in [0.15, 0.2) is 0 Å². The van der Waals surface area contributed by atoms with Crippen LogP contribution in [0.1, 0.15) is 21.9 Å². The standard InChI is InChI=1S/C23H24N6O2/c1-16-8-9-24-29(16)19-5-2-17(3-6-19)23(30)25-18-4-7-20-21(14-18)27-22(26-20)15-28-10-12-31-13-11-28/h2-9,14H,10-13,15H2,1H3,(H,25,30)(H,26,27). The third-order valence-corrected chi connectivity index (χ3v) is 5.47. The average Bonchev–Trinajstić information content (AvgIpc) is 3.39. The molecule has 8 heteroatoms. The zero-order chi connectivity index (χ0) is 21.2. The summed E-state index contributed by atoms with van der Waals surface area (Å²) < 4.78 is 7.23. The van der Waals surface area contributed by atoms with Crippen molar-refractivity contribution >= 4 is 22.6 Å². The number of hydrogen-bond donors (Lipinski definition) is 2. The van der Waals surface area contributed by atoms with Gasteiger partial charge in [0.05, 0.1) is 36.5 Å². The number of aromatic amines is 1. The minimum Gasteiger partial charge on any atom is -0.379 e. The number of imidazole rings is 1. The van der Waals surface area contributed by atoms with Crippen LogP contribution in [0.15, 0.2) is 54.7 Å². The molecule has 8 nitrogen and oxygen atoms in total. The van der Waals surface area contributed by atoms with E-state index in [2.05, 4.69) is 25.3 Å². The second-order valence-electron chi connectivity index (χ2n) is 7.69. The zero-order valence-corrected chi connectivity index (χ0v) is 17.3. The Labute approximate surface area is 179 Å². The lowest BCUT2D eigenvalue weighted by molar-refractivity contribution is 0.0332. The van der Waals surface area contributed by atoms with Gasteiger partial charge in [-0.05, 0) is 55.5 Å². The Kier molecular flexibility index (Phi) is 5.23. The lowest BCUT2D eigenvalue weighted by Gasteiger charge is -2.25. The number of benzene rings is 2. The highest BCUT2D eigenvalue weighted by Gasteiger charge is 2.14. The smallest absolute Gasteiger partial charge is 0.255 e. The van der Waals surface area contributed by atoms with Crippen molar-refractivity contribution < 1.29 is 9.53 Å². The van der Waals surface area contributed by atoms with Crippen LogP contribution in [0.25, 0.3) is 16.7 Å². The highest BCUT2D eigenvalue weighted by molar-refractivity contribution is 6.05. The van der Waals surface area contributed by atoms with Gasteiger partial charge in [-0.2, -0.15) is 5.10 Å². The summed E-state index contributed by atoms with van der Waals surface area (Å²) in [4.78, 5) is 23.1. The molecule has 3 heterocycles. The number of amides is 1. The SMILES string of the molecule is Cc1ccnn1-c1ccc(C(=O)Nc2ccc3nc(CN4CCOCC4)[nH]c3c2)cc1. The molecule has 0 bridgehead atoms. The molecule has 0 unspecified atom stereocenters. The van der Waals surface area contributed by atoms with Gasteiger partial charge in [-0.15, -0.1) is 0 Å². The number of morpholine rings is 1. The molecule has 1 aliphatic heterocycles. The van der Waals surface area contributed by atoms with E-state index in [1.54, 1.807) is 18.3 Å². The zero-order valence-electron chi connectivity index (χ0n) is 17.3. The molecule has 0 aliphatic carbocycles. The van der Waals surface area contributed by atoms with E-state index in [0.29, 0.717) is 5.56 Å². The van der Waals surface area contributed by atoms with Gasteiger partial charge in [-0.1, -0.05) is 0 Å². The summed E-state index contributed by atoms with van der Waals surface area (Å²) in [6.07, 6.45) is 1.76. The number of H-pyrrole nitrogens is 1. The van der Waals surface area contributed by atoms with E-state index < -0.39 is 0 Å². The van der Waals surface area contributed by atoms with E-state index in [1.807, 2.05) is 48.0 Å². The number of anilines is 1. The number of nitrogens with one attached hydrogen (secondary N) is 2. The molecule has 0 saturated carbocycles. The van der Waals surface area contributed by atoms with Gasteiger partial charge < -0.3 is 15.0 Å². The molecule has 2 aromatic heterocycles. The number of rotatable bonds is 5. The molecule has 0 atom stereocenters. The normalized spacial score (nSPS) is 14.7. The molecule has 2 N–H and O–H groups in total. The lowest BCUT2D eigenvalue weighted by Crippen LogP contribution is -2.35. The van der Waals surface area contributed by atoms with Crippen molar-refractivity contribution in [2.75, 3.05) is 31.6 Å². The van der Waals surface area contributed by atoms with Gasteiger partial charge in [0, 0.05) is 36.2 Å². The Hall–Kier alpha value is -3.49. The van der Waals surface area contributed by atoms with E-state index in [0.717, 1.165) is 66.8 Å². The third-order valence-electron chi connectivity index (χ3n) is 5.47. The number of aromatic nitrogens is 4. The number of aryl methyl sites for hydroxylation is 1. The van der Waals surface area contributed by atoms with E-state index in [4.69, 9.17) is 4.74 Å². The van der Waals surface area contributed by atoms with Crippen LogP contribution in [0.2, 0.25) is 0 Å². The topological polar surface area (TPSA) is 88.1 Å². The number of fused-ring (bicyclic) bond motifs is 1.